The van der Waals surface area contributed by atoms with Crippen molar-refractivity contribution < 1.29 is 9.53 Å². The zero-order valence-electron chi connectivity index (χ0n) is 17.6. The SMILES string of the molecule is O=C(c1ccc(-c2ccc(Cl)c(Cl)c2)cc1)N1CC(n2cc(COc3ccccc3)nn2)C1. The van der Waals surface area contributed by atoms with E-state index in [0.29, 0.717) is 35.3 Å². The predicted octanol–water partition coefficient (Wildman–Crippen LogP) is 5.53. The third-order valence-corrected chi connectivity index (χ3v) is 6.34. The van der Waals surface area contributed by atoms with Gasteiger partial charge in [-0.1, -0.05) is 64.8 Å². The highest BCUT2D eigenvalue weighted by Crippen LogP contribution is 2.29. The summed E-state index contributed by atoms with van der Waals surface area (Å²) in [5.74, 6) is 0.789. The minimum atomic E-state index is -0.000289. The highest BCUT2D eigenvalue weighted by Gasteiger charge is 2.33. The molecule has 6 nitrogen and oxygen atoms in total. The Morgan fingerprint density at radius 1 is 0.939 bits per heavy atom. The van der Waals surface area contributed by atoms with Crippen molar-refractivity contribution in [2.24, 2.45) is 0 Å². The topological polar surface area (TPSA) is 60.2 Å². The molecule has 0 atom stereocenters. The van der Waals surface area contributed by atoms with Crippen LogP contribution < -0.4 is 4.74 Å². The molecule has 0 unspecified atom stereocenters. The van der Waals surface area contributed by atoms with Crippen LogP contribution in [-0.4, -0.2) is 38.9 Å². The van der Waals surface area contributed by atoms with E-state index in [2.05, 4.69) is 10.3 Å². The highest BCUT2D eigenvalue weighted by atomic mass is 35.5. The molecule has 1 fully saturated rings. The van der Waals surface area contributed by atoms with Gasteiger partial charge < -0.3 is 9.64 Å². The summed E-state index contributed by atoms with van der Waals surface area (Å²) in [4.78, 5) is 14.6. The number of aromatic nitrogens is 3. The molecule has 8 heteroatoms. The molecule has 0 aliphatic carbocycles. The highest BCUT2D eigenvalue weighted by molar-refractivity contribution is 6.42. The number of benzene rings is 3. The van der Waals surface area contributed by atoms with Crippen LogP contribution in [0, 0.1) is 0 Å². The lowest BCUT2D eigenvalue weighted by atomic mass is 10.0. The quantitative estimate of drug-likeness (QED) is 0.365. The number of hydrogen-bond donors (Lipinski definition) is 0. The molecule has 0 saturated carbocycles. The maximum atomic E-state index is 12.8. The summed E-state index contributed by atoms with van der Waals surface area (Å²) in [7, 11) is 0. The van der Waals surface area contributed by atoms with Gasteiger partial charge in [0, 0.05) is 18.7 Å². The van der Waals surface area contributed by atoms with Gasteiger partial charge in [-0.3, -0.25) is 4.79 Å². The molecule has 3 aromatic carbocycles. The number of amides is 1. The van der Waals surface area contributed by atoms with Crippen LogP contribution in [-0.2, 0) is 6.61 Å². The average molecular weight is 479 g/mol. The van der Waals surface area contributed by atoms with Gasteiger partial charge in [-0.25, -0.2) is 4.68 Å². The first-order valence-corrected chi connectivity index (χ1v) is 11.3. The molecule has 166 valence electrons. The van der Waals surface area contributed by atoms with Crippen molar-refractivity contribution in [2.45, 2.75) is 12.6 Å². The van der Waals surface area contributed by atoms with Gasteiger partial charge in [0.25, 0.3) is 5.91 Å². The maximum absolute atomic E-state index is 12.8. The zero-order chi connectivity index (χ0) is 22.8. The molecule has 1 aliphatic heterocycles. The number of carbonyl (C=O) groups is 1. The second-order valence-corrected chi connectivity index (χ2v) is 8.68. The van der Waals surface area contributed by atoms with E-state index in [1.807, 2.05) is 72.9 Å². The monoisotopic (exact) mass is 478 g/mol. The van der Waals surface area contributed by atoms with Crippen LogP contribution in [0.15, 0.2) is 79.0 Å². The molecule has 0 spiro atoms. The van der Waals surface area contributed by atoms with Crippen molar-refractivity contribution >= 4 is 29.1 Å². The molecule has 1 aromatic heterocycles. The third kappa shape index (κ3) is 4.72. The number of carbonyl (C=O) groups excluding carboxylic acids is 1. The van der Waals surface area contributed by atoms with Gasteiger partial charge in [-0.15, -0.1) is 5.10 Å². The molecule has 5 rings (SSSR count). The van der Waals surface area contributed by atoms with E-state index in [1.54, 1.807) is 15.6 Å². The molecule has 0 bridgehead atoms. The number of halogens is 2. The van der Waals surface area contributed by atoms with E-state index < -0.39 is 0 Å². The van der Waals surface area contributed by atoms with Crippen molar-refractivity contribution in [1.82, 2.24) is 19.9 Å². The van der Waals surface area contributed by atoms with Crippen LogP contribution in [0.25, 0.3) is 11.1 Å². The molecule has 1 saturated heterocycles. The number of likely N-dealkylation sites (tertiary alicyclic amines) is 1. The lowest BCUT2D eigenvalue weighted by Crippen LogP contribution is -2.50. The fraction of sp³-hybridized carbons (Fsp3) is 0.160. The Morgan fingerprint density at radius 2 is 1.67 bits per heavy atom. The summed E-state index contributed by atoms with van der Waals surface area (Å²) in [6.45, 7) is 1.54. The molecule has 4 aromatic rings. The van der Waals surface area contributed by atoms with Crippen LogP contribution in [0.3, 0.4) is 0 Å². The summed E-state index contributed by atoms with van der Waals surface area (Å²) in [6.07, 6.45) is 1.88. The minimum Gasteiger partial charge on any atom is -0.487 e. The lowest BCUT2D eigenvalue weighted by Gasteiger charge is -2.38. The molecule has 1 aliphatic rings. The Balaban J connectivity index is 1.16. The first-order valence-electron chi connectivity index (χ1n) is 10.5. The molecule has 0 N–H and O–H groups in total. The summed E-state index contributed by atoms with van der Waals surface area (Å²) >= 11 is 12.1. The van der Waals surface area contributed by atoms with Gasteiger partial charge in [0.2, 0.25) is 0 Å². The van der Waals surface area contributed by atoms with Gasteiger partial charge in [0.05, 0.1) is 22.3 Å². The molecular formula is C25H20Cl2N4O2. The number of ether oxygens (including phenoxy) is 1. The van der Waals surface area contributed by atoms with E-state index in [0.717, 1.165) is 22.6 Å². The molecular weight excluding hydrogens is 459 g/mol. The Hall–Kier alpha value is -3.35. The number of hydrogen-bond acceptors (Lipinski definition) is 4. The summed E-state index contributed by atoms with van der Waals surface area (Å²) in [5.41, 5.74) is 3.32. The second kappa shape index (κ2) is 9.25. The summed E-state index contributed by atoms with van der Waals surface area (Å²) < 4.78 is 7.52. The van der Waals surface area contributed by atoms with Crippen molar-refractivity contribution in [1.29, 1.82) is 0 Å². The van der Waals surface area contributed by atoms with Crippen LogP contribution in [0.4, 0.5) is 0 Å². The van der Waals surface area contributed by atoms with E-state index in [4.69, 9.17) is 27.9 Å². The number of para-hydroxylation sites is 1. The van der Waals surface area contributed by atoms with Crippen LogP contribution >= 0.6 is 23.2 Å². The molecule has 2 heterocycles. The molecule has 0 radical (unpaired) electrons. The van der Waals surface area contributed by atoms with E-state index >= 15 is 0 Å². The van der Waals surface area contributed by atoms with Crippen LogP contribution in [0.2, 0.25) is 10.0 Å². The smallest absolute Gasteiger partial charge is 0.253 e. The Morgan fingerprint density at radius 3 is 2.39 bits per heavy atom. The minimum absolute atomic E-state index is 0.000289. The van der Waals surface area contributed by atoms with E-state index in [9.17, 15) is 4.79 Å². The predicted molar refractivity (Wildman–Crippen MR) is 128 cm³/mol. The normalized spacial score (nSPS) is 13.6. The third-order valence-electron chi connectivity index (χ3n) is 5.60. The average Bonchev–Trinajstić information content (AvgIpc) is 3.28. The van der Waals surface area contributed by atoms with E-state index in [-0.39, 0.29) is 11.9 Å². The summed E-state index contributed by atoms with van der Waals surface area (Å²) in [6, 6.07) is 22.7. The lowest BCUT2D eigenvalue weighted by molar-refractivity contribution is 0.0498. The number of rotatable bonds is 6. The Kier molecular flexibility index (Phi) is 6.03. The van der Waals surface area contributed by atoms with Crippen molar-refractivity contribution in [2.75, 3.05) is 13.1 Å². The van der Waals surface area contributed by atoms with Crippen LogP contribution in [0.5, 0.6) is 5.75 Å². The number of nitrogens with zero attached hydrogens (tertiary/aromatic N) is 4. The summed E-state index contributed by atoms with van der Waals surface area (Å²) in [5, 5.41) is 9.40. The van der Waals surface area contributed by atoms with Gasteiger partial charge in [-0.05, 0) is 47.5 Å². The fourth-order valence-electron chi connectivity index (χ4n) is 3.68. The van der Waals surface area contributed by atoms with Gasteiger partial charge in [0.1, 0.15) is 18.1 Å². The zero-order valence-corrected chi connectivity index (χ0v) is 19.1. The fourth-order valence-corrected chi connectivity index (χ4v) is 3.98. The van der Waals surface area contributed by atoms with Crippen LogP contribution in [0.1, 0.15) is 22.1 Å². The first kappa shape index (κ1) is 21.5. The van der Waals surface area contributed by atoms with Gasteiger partial charge in [-0.2, -0.15) is 0 Å². The maximum Gasteiger partial charge on any atom is 0.253 e. The Bertz CT molecular complexity index is 1270. The van der Waals surface area contributed by atoms with E-state index in [1.165, 1.54) is 0 Å². The van der Waals surface area contributed by atoms with Gasteiger partial charge >= 0.3 is 0 Å². The molecule has 1 amide bonds. The van der Waals surface area contributed by atoms with Crippen molar-refractivity contribution in [3.63, 3.8) is 0 Å². The second-order valence-electron chi connectivity index (χ2n) is 7.86. The van der Waals surface area contributed by atoms with Gasteiger partial charge in [0.15, 0.2) is 0 Å². The standard InChI is InChI=1S/C25H20Cl2N4O2/c26-23-11-10-19(12-24(23)27)17-6-8-18(9-7-17)25(32)30-14-21(15-30)31-13-20(28-29-31)16-33-22-4-2-1-3-5-22/h1-13,21H,14-16H2. The van der Waals surface area contributed by atoms with Crippen molar-refractivity contribution in [3.05, 3.63) is 100 Å². The van der Waals surface area contributed by atoms with Crippen molar-refractivity contribution in [3.8, 4) is 16.9 Å². The largest absolute Gasteiger partial charge is 0.487 e. The first-order chi connectivity index (χ1) is 16.1. The molecule has 33 heavy (non-hydrogen) atoms. The Labute approximate surface area is 201 Å².